The minimum atomic E-state index is -0.546. The normalized spacial score (nSPS) is 10.4. The topological polar surface area (TPSA) is 73.1 Å². The average Bonchev–Trinajstić information content (AvgIpc) is 2.95. The molecule has 0 spiro atoms. The van der Waals surface area contributed by atoms with E-state index in [2.05, 4.69) is 96.0 Å². The Morgan fingerprint density at radius 1 is 0.711 bits per heavy atom. The van der Waals surface area contributed by atoms with Gasteiger partial charge >= 0.3 is 0 Å². The van der Waals surface area contributed by atoms with Gasteiger partial charge in [-0.15, -0.1) is 0 Å². The predicted octanol–water partition coefficient (Wildman–Crippen LogP) is 6.96. The van der Waals surface area contributed by atoms with E-state index in [4.69, 9.17) is 11.6 Å². The molecule has 4 aromatic carbocycles. The van der Waals surface area contributed by atoms with Gasteiger partial charge in [0, 0.05) is 17.2 Å². The van der Waals surface area contributed by atoms with E-state index in [9.17, 15) is 14.9 Å². The molecule has 188 valence electrons. The molecule has 1 heterocycles. The molecule has 1 aromatic heterocycles. The van der Waals surface area contributed by atoms with Crippen LogP contribution in [0, 0.1) is 10.1 Å². The van der Waals surface area contributed by atoms with Crippen molar-refractivity contribution in [2.45, 2.75) is 6.92 Å². The lowest BCUT2D eigenvalue weighted by Crippen LogP contribution is -2.20. The Morgan fingerprint density at radius 2 is 1.16 bits per heavy atom. The second kappa shape index (κ2) is 12.9. The van der Waals surface area contributed by atoms with Crippen LogP contribution in [-0.4, -0.2) is 15.7 Å². The van der Waals surface area contributed by atoms with E-state index in [-0.39, 0.29) is 22.3 Å². The van der Waals surface area contributed by atoms with Crippen molar-refractivity contribution in [3.05, 3.63) is 148 Å². The van der Waals surface area contributed by atoms with E-state index in [1.54, 1.807) is 24.3 Å². The third-order valence-corrected chi connectivity index (χ3v) is 8.30. The monoisotopic (exact) mass is 538 g/mol. The number of halogens is 1. The highest BCUT2D eigenvalue weighted by molar-refractivity contribution is 7.79. The van der Waals surface area contributed by atoms with Crippen LogP contribution in [0.4, 0.5) is 5.69 Å². The standard InChI is InChI=1S/C18H15P.C13H9ClN2O3/c1-4-10-16(11-5-1)19(17-12-6-2-7-13-17)18-14-8-3-9-15-18;1-8(17)9-4-2-3-5-10(9)13-11(16(18)19)6-7-12(14)15-13/h1-15H;2-7H,1H3. The van der Waals surface area contributed by atoms with Gasteiger partial charge < -0.3 is 0 Å². The number of hydrogen-bond acceptors (Lipinski definition) is 4. The highest BCUT2D eigenvalue weighted by Gasteiger charge is 2.21. The molecule has 38 heavy (non-hydrogen) atoms. The second-order valence-electron chi connectivity index (χ2n) is 8.20. The molecule has 0 aliphatic carbocycles. The fourth-order valence-corrected chi connectivity index (χ4v) is 6.40. The van der Waals surface area contributed by atoms with Crippen molar-refractivity contribution in [2.24, 2.45) is 0 Å². The van der Waals surface area contributed by atoms with Gasteiger partial charge in [-0.05, 0) is 36.8 Å². The number of Topliss-reactive ketones (excluding diaryl/α,β-unsaturated/α-hetero) is 1. The van der Waals surface area contributed by atoms with Gasteiger partial charge in [0.1, 0.15) is 5.15 Å². The molecule has 0 aliphatic rings. The third-order valence-electron chi connectivity index (χ3n) is 5.64. The summed E-state index contributed by atoms with van der Waals surface area (Å²) >= 11 is 5.78. The van der Waals surface area contributed by atoms with Gasteiger partial charge in [0.25, 0.3) is 5.69 Å². The third kappa shape index (κ3) is 6.57. The molecule has 0 saturated heterocycles. The molecular formula is C31H24ClN2O3P. The number of benzene rings is 4. The highest BCUT2D eigenvalue weighted by Crippen LogP contribution is 2.33. The Bertz CT molecular complexity index is 1440. The summed E-state index contributed by atoms with van der Waals surface area (Å²) in [6.45, 7) is 1.40. The average molecular weight is 539 g/mol. The van der Waals surface area contributed by atoms with E-state index in [0.717, 1.165) is 0 Å². The van der Waals surface area contributed by atoms with Crippen LogP contribution in [0.1, 0.15) is 17.3 Å². The van der Waals surface area contributed by atoms with Gasteiger partial charge in [-0.2, -0.15) is 0 Å². The van der Waals surface area contributed by atoms with Crippen LogP contribution in [0.25, 0.3) is 11.3 Å². The first-order valence-corrected chi connectivity index (χ1v) is 13.5. The molecule has 0 amide bonds. The van der Waals surface area contributed by atoms with E-state index in [1.807, 2.05) is 0 Å². The number of carbonyl (C=O) groups is 1. The molecule has 5 rings (SSSR count). The number of ketones is 1. The number of pyridine rings is 1. The largest absolute Gasteiger partial charge is 0.295 e. The quantitative estimate of drug-likeness (QED) is 0.0770. The summed E-state index contributed by atoms with van der Waals surface area (Å²) < 4.78 is 0. The maximum absolute atomic E-state index is 11.6. The van der Waals surface area contributed by atoms with Gasteiger partial charge in [0.05, 0.1) is 4.92 Å². The maximum atomic E-state index is 11.6. The fraction of sp³-hybridized carbons (Fsp3) is 0.0323. The summed E-state index contributed by atoms with van der Waals surface area (Å²) in [7, 11) is -0.446. The van der Waals surface area contributed by atoms with Gasteiger partial charge in [0.15, 0.2) is 11.5 Å². The summed E-state index contributed by atoms with van der Waals surface area (Å²) in [5, 5.41) is 15.4. The molecule has 0 unspecified atom stereocenters. The number of hydrogen-bond donors (Lipinski definition) is 0. The van der Waals surface area contributed by atoms with Crippen molar-refractivity contribution in [1.29, 1.82) is 0 Å². The Labute approximate surface area is 227 Å². The fourth-order valence-electron chi connectivity index (χ4n) is 3.95. The van der Waals surface area contributed by atoms with Crippen molar-refractivity contribution >= 4 is 46.9 Å². The van der Waals surface area contributed by atoms with Crippen LogP contribution in [0.15, 0.2) is 127 Å². The van der Waals surface area contributed by atoms with Gasteiger partial charge in [0.2, 0.25) is 0 Å². The van der Waals surface area contributed by atoms with E-state index < -0.39 is 12.8 Å². The summed E-state index contributed by atoms with van der Waals surface area (Å²) in [4.78, 5) is 26.0. The van der Waals surface area contributed by atoms with Crippen LogP contribution >= 0.6 is 19.5 Å². The van der Waals surface area contributed by atoms with Crippen molar-refractivity contribution < 1.29 is 9.72 Å². The molecule has 0 N–H and O–H groups in total. The van der Waals surface area contributed by atoms with E-state index in [0.29, 0.717) is 11.1 Å². The summed E-state index contributed by atoms with van der Waals surface area (Å²) in [6.07, 6.45) is 0. The first-order chi connectivity index (χ1) is 18.5. The van der Waals surface area contributed by atoms with Crippen LogP contribution in [0.5, 0.6) is 0 Å². The lowest BCUT2D eigenvalue weighted by Gasteiger charge is -2.18. The van der Waals surface area contributed by atoms with E-state index in [1.165, 1.54) is 35.0 Å². The zero-order valence-electron chi connectivity index (χ0n) is 20.6. The number of nitrogens with zero attached hydrogens (tertiary/aromatic N) is 2. The lowest BCUT2D eigenvalue weighted by molar-refractivity contribution is -0.384. The van der Waals surface area contributed by atoms with Crippen LogP contribution in [0.3, 0.4) is 0 Å². The molecule has 7 heteroatoms. The lowest BCUT2D eigenvalue weighted by atomic mass is 10.0. The molecule has 5 aromatic rings. The van der Waals surface area contributed by atoms with Crippen molar-refractivity contribution in [3.63, 3.8) is 0 Å². The minimum Gasteiger partial charge on any atom is -0.294 e. The van der Waals surface area contributed by atoms with Crippen molar-refractivity contribution in [2.75, 3.05) is 0 Å². The zero-order chi connectivity index (χ0) is 26.9. The Morgan fingerprint density at radius 3 is 1.61 bits per heavy atom. The van der Waals surface area contributed by atoms with E-state index >= 15 is 0 Å². The number of aromatic nitrogens is 1. The number of nitro groups is 1. The van der Waals surface area contributed by atoms with Gasteiger partial charge in [-0.25, -0.2) is 4.98 Å². The van der Waals surface area contributed by atoms with Crippen LogP contribution < -0.4 is 15.9 Å². The van der Waals surface area contributed by atoms with Crippen LogP contribution in [-0.2, 0) is 0 Å². The molecule has 0 bridgehead atoms. The molecular weight excluding hydrogens is 515 g/mol. The van der Waals surface area contributed by atoms with Crippen molar-refractivity contribution in [3.8, 4) is 11.3 Å². The second-order valence-corrected chi connectivity index (χ2v) is 10.8. The maximum Gasteiger partial charge on any atom is 0.295 e. The molecule has 5 nitrogen and oxygen atoms in total. The number of rotatable bonds is 6. The Hall–Kier alpha value is -4.18. The Balaban J connectivity index is 0.000000177. The summed E-state index contributed by atoms with van der Waals surface area (Å²) in [5.74, 6) is -0.188. The molecule has 0 atom stereocenters. The molecule has 0 fully saturated rings. The molecule has 0 radical (unpaired) electrons. The SMILES string of the molecule is CC(=O)c1ccccc1-c1nc(Cl)ccc1[N+](=O)[O-].c1ccc(P(c2ccccc2)c2ccccc2)cc1. The predicted molar refractivity (Wildman–Crippen MR) is 156 cm³/mol. The minimum absolute atomic E-state index is 0.100. The van der Waals surface area contributed by atoms with Gasteiger partial charge in [-0.3, -0.25) is 14.9 Å². The smallest absolute Gasteiger partial charge is 0.294 e. The summed E-state index contributed by atoms with van der Waals surface area (Å²) in [5.41, 5.74) is 0.700. The molecule has 0 aliphatic heterocycles. The highest BCUT2D eigenvalue weighted by atomic mass is 35.5. The first kappa shape index (κ1) is 26.9. The first-order valence-electron chi connectivity index (χ1n) is 11.8. The Kier molecular flexibility index (Phi) is 9.10. The van der Waals surface area contributed by atoms with Crippen molar-refractivity contribution in [1.82, 2.24) is 4.98 Å². The summed E-state index contributed by atoms with van der Waals surface area (Å²) in [6, 6.07) is 41.5. The zero-order valence-corrected chi connectivity index (χ0v) is 22.2. The van der Waals surface area contributed by atoms with Crippen LogP contribution in [0.2, 0.25) is 5.15 Å². The molecule has 0 saturated carbocycles. The number of carbonyl (C=O) groups excluding carboxylic acids is 1. The van der Waals surface area contributed by atoms with Gasteiger partial charge in [-0.1, -0.05) is 127 Å².